The molecule has 2 N–H and O–H groups in total. The Kier molecular flexibility index (Phi) is 7.78. The lowest BCUT2D eigenvalue weighted by molar-refractivity contribution is -0.143. The number of benzene rings is 1. The number of hydrogen-bond donors (Lipinski definition) is 2. The lowest BCUT2D eigenvalue weighted by atomic mass is 9.67. The first kappa shape index (κ1) is 22.6. The normalized spacial score (nSPS) is 21.7. The van der Waals surface area contributed by atoms with Crippen molar-refractivity contribution >= 4 is 5.91 Å². The molecule has 1 aromatic rings. The summed E-state index contributed by atoms with van der Waals surface area (Å²) in [5.74, 6) is -3.41. The summed E-state index contributed by atoms with van der Waals surface area (Å²) in [4.78, 5) is 12.4. The minimum atomic E-state index is -2.81. The van der Waals surface area contributed by atoms with Gasteiger partial charge in [-0.1, -0.05) is 26.0 Å². The molecule has 1 saturated carbocycles. The SMILES string of the molecule is COCCc1ccc(OCC(O)CNC(=O)C2CC(F)(F)CCC2(C)C)cc1. The first-order chi connectivity index (χ1) is 13.1. The van der Waals surface area contributed by atoms with Crippen LogP contribution in [0.4, 0.5) is 8.78 Å². The van der Waals surface area contributed by atoms with Crippen LogP contribution in [0, 0.1) is 11.3 Å². The van der Waals surface area contributed by atoms with E-state index >= 15 is 0 Å². The van der Waals surface area contributed by atoms with Crippen LogP contribution in [0.5, 0.6) is 5.75 Å². The second-order valence-electron chi connectivity index (χ2n) is 8.20. The van der Waals surface area contributed by atoms with E-state index in [1.165, 1.54) is 0 Å². The third-order valence-electron chi connectivity index (χ3n) is 5.37. The molecule has 1 aliphatic rings. The Balaban J connectivity index is 1.77. The van der Waals surface area contributed by atoms with Gasteiger partial charge in [-0.15, -0.1) is 0 Å². The number of aliphatic hydroxyl groups excluding tert-OH is 1. The predicted octanol–water partition coefficient (Wildman–Crippen LogP) is 3.19. The van der Waals surface area contributed by atoms with Crippen LogP contribution in [-0.2, 0) is 16.0 Å². The molecule has 158 valence electrons. The lowest BCUT2D eigenvalue weighted by Gasteiger charge is -2.41. The first-order valence-corrected chi connectivity index (χ1v) is 9.67. The largest absolute Gasteiger partial charge is 0.491 e. The van der Waals surface area contributed by atoms with Gasteiger partial charge in [0.25, 0.3) is 0 Å². The maximum Gasteiger partial charge on any atom is 0.249 e. The fourth-order valence-electron chi connectivity index (χ4n) is 3.37. The number of alkyl halides is 2. The van der Waals surface area contributed by atoms with E-state index in [4.69, 9.17) is 9.47 Å². The number of carbonyl (C=O) groups excluding carboxylic acids is 1. The van der Waals surface area contributed by atoms with Gasteiger partial charge in [0.2, 0.25) is 11.8 Å². The molecule has 0 aromatic heterocycles. The number of ether oxygens (including phenoxy) is 2. The average Bonchev–Trinajstić information content (AvgIpc) is 2.65. The molecule has 0 spiro atoms. The van der Waals surface area contributed by atoms with Crippen LogP contribution < -0.4 is 10.1 Å². The summed E-state index contributed by atoms with van der Waals surface area (Å²) in [5.41, 5.74) is 0.631. The topological polar surface area (TPSA) is 67.8 Å². The maximum absolute atomic E-state index is 13.7. The molecule has 2 unspecified atom stereocenters. The second kappa shape index (κ2) is 9.65. The minimum absolute atomic E-state index is 0.00190. The van der Waals surface area contributed by atoms with E-state index in [2.05, 4.69) is 5.32 Å². The van der Waals surface area contributed by atoms with E-state index < -0.39 is 35.7 Å². The highest BCUT2D eigenvalue weighted by Crippen LogP contribution is 2.47. The van der Waals surface area contributed by atoms with Gasteiger partial charge in [0.15, 0.2) is 0 Å². The third kappa shape index (κ3) is 6.71. The molecule has 1 amide bonds. The van der Waals surface area contributed by atoms with E-state index in [0.29, 0.717) is 18.8 Å². The summed E-state index contributed by atoms with van der Waals surface area (Å²) in [6.45, 7) is 4.28. The van der Waals surface area contributed by atoms with Gasteiger partial charge in [-0.2, -0.15) is 0 Å². The number of amides is 1. The van der Waals surface area contributed by atoms with Crippen LogP contribution in [0.2, 0.25) is 0 Å². The quantitative estimate of drug-likeness (QED) is 0.669. The fraction of sp³-hybridized carbons (Fsp3) is 0.667. The van der Waals surface area contributed by atoms with Crippen LogP contribution in [0.15, 0.2) is 24.3 Å². The Labute approximate surface area is 165 Å². The summed E-state index contributed by atoms with van der Waals surface area (Å²) in [7, 11) is 1.65. The van der Waals surface area contributed by atoms with E-state index in [-0.39, 0.29) is 19.6 Å². The molecule has 2 rings (SSSR count). The van der Waals surface area contributed by atoms with Crippen LogP contribution in [0.1, 0.15) is 38.7 Å². The summed E-state index contributed by atoms with van der Waals surface area (Å²) < 4.78 is 38.0. The van der Waals surface area contributed by atoms with Crippen LogP contribution in [-0.4, -0.2) is 49.9 Å². The summed E-state index contributed by atoms with van der Waals surface area (Å²) in [6.07, 6.45) is -0.464. The van der Waals surface area contributed by atoms with E-state index in [1.807, 2.05) is 38.1 Å². The molecule has 1 aromatic carbocycles. The molecule has 0 bridgehead atoms. The molecule has 0 aliphatic heterocycles. The zero-order valence-electron chi connectivity index (χ0n) is 16.8. The highest BCUT2D eigenvalue weighted by molar-refractivity contribution is 5.79. The summed E-state index contributed by atoms with van der Waals surface area (Å²) in [5, 5.41) is 12.7. The Hall–Kier alpha value is -1.73. The van der Waals surface area contributed by atoms with Gasteiger partial charge in [0.05, 0.1) is 6.61 Å². The van der Waals surface area contributed by atoms with Crippen LogP contribution >= 0.6 is 0 Å². The molecule has 0 radical (unpaired) electrons. The minimum Gasteiger partial charge on any atom is -0.491 e. The van der Waals surface area contributed by atoms with Crippen molar-refractivity contribution in [3.63, 3.8) is 0 Å². The van der Waals surface area contributed by atoms with Gasteiger partial charge in [0, 0.05) is 32.4 Å². The molecular formula is C21H31F2NO4. The second-order valence-corrected chi connectivity index (χ2v) is 8.20. The first-order valence-electron chi connectivity index (χ1n) is 9.67. The summed E-state index contributed by atoms with van der Waals surface area (Å²) >= 11 is 0. The van der Waals surface area contributed by atoms with Crippen molar-refractivity contribution in [1.29, 1.82) is 0 Å². The van der Waals surface area contributed by atoms with Crippen LogP contribution in [0.3, 0.4) is 0 Å². The Morgan fingerprint density at radius 3 is 2.61 bits per heavy atom. The zero-order chi connectivity index (χ0) is 20.8. The zero-order valence-corrected chi connectivity index (χ0v) is 16.8. The average molecular weight is 399 g/mol. The van der Waals surface area contributed by atoms with Gasteiger partial charge < -0.3 is 19.9 Å². The maximum atomic E-state index is 13.7. The number of hydrogen-bond acceptors (Lipinski definition) is 4. The molecule has 5 nitrogen and oxygen atoms in total. The molecule has 1 fully saturated rings. The van der Waals surface area contributed by atoms with Gasteiger partial charge >= 0.3 is 0 Å². The molecule has 28 heavy (non-hydrogen) atoms. The lowest BCUT2D eigenvalue weighted by Crippen LogP contribution is -2.48. The van der Waals surface area contributed by atoms with E-state index in [0.717, 1.165) is 12.0 Å². The smallest absolute Gasteiger partial charge is 0.249 e. The number of nitrogens with one attached hydrogen (secondary N) is 1. The summed E-state index contributed by atoms with van der Waals surface area (Å²) in [6, 6.07) is 7.47. The van der Waals surface area contributed by atoms with Gasteiger partial charge in [-0.05, 0) is 36.0 Å². The van der Waals surface area contributed by atoms with Gasteiger partial charge in [0.1, 0.15) is 18.5 Å². The van der Waals surface area contributed by atoms with E-state index in [1.54, 1.807) is 7.11 Å². The number of aliphatic hydroxyl groups is 1. The van der Waals surface area contributed by atoms with Crippen molar-refractivity contribution in [2.75, 3.05) is 26.9 Å². The standard InChI is InChI=1S/C21H31F2NO4/c1-20(2)9-10-21(22,23)12-18(20)19(26)24-13-16(25)14-28-17-6-4-15(5-7-17)8-11-27-3/h4-7,16,18,25H,8-14H2,1-3H3,(H,24,26). The molecular weight excluding hydrogens is 368 g/mol. The molecule has 2 atom stereocenters. The molecule has 0 saturated heterocycles. The number of rotatable bonds is 9. The third-order valence-corrected chi connectivity index (χ3v) is 5.37. The monoisotopic (exact) mass is 399 g/mol. The Morgan fingerprint density at radius 2 is 1.96 bits per heavy atom. The molecule has 7 heteroatoms. The van der Waals surface area contributed by atoms with E-state index in [9.17, 15) is 18.7 Å². The van der Waals surface area contributed by atoms with Gasteiger partial charge in [-0.25, -0.2) is 8.78 Å². The number of methoxy groups -OCH3 is 1. The molecule has 0 heterocycles. The van der Waals surface area contributed by atoms with Crippen molar-refractivity contribution in [3.05, 3.63) is 29.8 Å². The van der Waals surface area contributed by atoms with Crippen LogP contribution in [0.25, 0.3) is 0 Å². The van der Waals surface area contributed by atoms with Crippen molar-refractivity contribution in [2.45, 2.75) is 51.6 Å². The fourth-order valence-corrected chi connectivity index (χ4v) is 3.37. The Bertz CT molecular complexity index is 634. The predicted molar refractivity (Wildman–Crippen MR) is 103 cm³/mol. The van der Waals surface area contributed by atoms with Crippen molar-refractivity contribution in [3.8, 4) is 5.75 Å². The Morgan fingerprint density at radius 1 is 1.29 bits per heavy atom. The highest BCUT2D eigenvalue weighted by atomic mass is 19.3. The van der Waals surface area contributed by atoms with Crippen molar-refractivity contribution < 1.29 is 28.2 Å². The number of halogens is 2. The van der Waals surface area contributed by atoms with Crippen molar-refractivity contribution in [1.82, 2.24) is 5.32 Å². The number of carbonyl (C=O) groups is 1. The highest BCUT2D eigenvalue weighted by Gasteiger charge is 2.48. The van der Waals surface area contributed by atoms with Crippen molar-refractivity contribution in [2.24, 2.45) is 11.3 Å². The van der Waals surface area contributed by atoms with Gasteiger partial charge in [-0.3, -0.25) is 4.79 Å². The molecule has 1 aliphatic carbocycles.